The van der Waals surface area contributed by atoms with Gasteiger partial charge in [-0.3, -0.25) is 19.2 Å². The number of halogens is 4. The number of carboxylic acid groups (broad SMARTS) is 1. The maximum absolute atomic E-state index is 14.5. The van der Waals surface area contributed by atoms with Gasteiger partial charge in [0.1, 0.15) is 36.4 Å². The third-order valence-electron chi connectivity index (χ3n) is 14.3. The highest BCUT2D eigenvalue weighted by Crippen LogP contribution is 2.48. The quantitative estimate of drug-likeness (QED) is 0.0913. The van der Waals surface area contributed by atoms with E-state index in [-0.39, 0.29) is 51.4 Å². The Morgan fingerprint density at radius 1 is 0.649 bits per heavy atom. The van der Waals surface area contributed by atoms with E-state index in [1.165, 1.54) is 37.2 Å². The van der Waals surface area contributed by atoms with Crippen molar-refractivity contribution >= 4 is 59.3 Å². The van der Waals surface area contributed by atoms with Crippen LogP contribution in [0.3, 0.4) is 0 Å². The molecule has 10 rings (SSSR count). The van der Waals surface area contributed by atoms with E-state index in [4.69, 9.17) is 14.6 Å². The third-order valence-corrected chi connectivity index (χ3v) is 14.3. The molecule has 23 heteroatoms. The lowest BCUT2D eigenvalue weighted by Gasteiger charge is -2.30. The number of urea groups is 2. The van der Waals surface area contributed by atoms with Crippen molar-refractivity contribution in [3.8, 4) is 0 Å². The molecule has 9 amide bonds. The number of nitrogens with zero attached hydrogens (tertiary/aromatic N) is 3. The van der Waals surface area contributed by atoms with Crippen molar-refractivity contribution in [2.24, 2.45) is 0 Å². The number of nitrogens with one attached hydrogen (secondary N) is 5. The van der Waals surface area contributed by atoms with E-state index in [1.807, 2.05) is 6.92 Å². The average Bonchev–Trinajstić information content (AvgIpc) is 4.40. The van der Waals surface area contributed by atoms with E-state index < -0.39 is 95.5 Å². The highest BCUT2D eigenvalue weighted by atomic mass is 19.1. The van der Waals surface area contributed by atoms with Gasteiger partial charge in [-0.2, -0.15) is 0 Å². The molecular formula is C54H62F4N8O11. The standard InChI is InChI=1S/C26H26F2N4O5.C15H15N3O6.C11H13F2N.2CH4/c1-14-3-8-21(18-6-4-16(27)12-20(18)28)32(14)22(33)13-31-23(34)26(37-25(31)36)10-9-15-11-17(5-7-19(15)26)30-24(35)29-2;1-16-13(22)17-9-2-3-10-8(6-9)4-5-15(10)12(21)18(7-11(19)20)14(23)24-15;1-7-2-5-11(14-7)9-4-3-8(12)6-10(9)13;;/h4-7,11-12,14,21H,3,8-10,13H2,1-2H3,(H2,29,30,35);2-3,6H,4-5,7H2,1H3,(H,19,20)(H2,16,17,22);3-4,6-7,11,14H,2,5H2,1H3;2*1H4/t14-,21-,26+;15-;7-,11-;;/m010../s1. The second kappa shape index (κ2) is 23.4. The summed E-state index contributed by atoms with van der Waals surface area (Å²) in [5, 5.41) is 22.3. The van der Waals surface area contributed by atoms with Crippen molar-refractivity contribution in [2.75, 3.05) is 37.8 Å². The van der Waals surface area contributed by atoms with E-state index in [0.717, 1.165) is 47.1 Å². The molecule has 6 atom stereocenters. The number of likely N-dealkylation sites (tertiary alicyclic amines) is 1. The average molecular weight is 1080 g/mol. The number of imide groups is 2. The minimum absolute atomic E-state index is 0. The predicted octanol–water partition coefficient (Wildman–Crippen LogP) is 8.28. The summed E-state index contributed by atoms with van der Waals surface area (Å²) in [6.07, 6.45) is 2.51. The zero-order chi connectivity index (χ0) is 54.1. The zero-order valence-electron chi connectivity index (χ0n) is 41.2. The van der Waals surface area contributed by atoms with Crippen molar-refractivity contribution in [3.05, 3.63) is 129 Å². The zero-order valence-corrected chi connectivity index (χ0v) is 41.2. The van der Waals surface area contributed by atoms with Crippen LogP contribution in [-0.4, -0.2) is 107 Å². The Morgan fingerprint density at radius 3 is 1.57 bits per heavy atom. The number of hydrogen-bond donors (Lipinski definition) is 6. The lowest BCUT2D eigenvalue weighted by atomic mass is 9.94. The Morgan fingerprint density at radius 2 is 1.13 bits per heavy atom. The number of rotatable bonds is 8. The monoisotopic (exact) mass is 1070 g/mol. The summed E-state index contributed by atoms with van der Waals surface area (Å²) in [6.45, 7) is 2.60. The highest BCUT2D eigenvalue weighted by Gasteiger charge is 2.60. The molecule has 4 aromatic carbocycles. The van der Waals surface area contributed by atoms with Gasteiger partial charge in [-0.15, -0.1) is 0 Å². The molecule has 4 fully saturated rings. The summed E-state index contributed by atoms with van der Waals surface area (Å²) in [5.74, 6) is -5.54. The van der Waals surface area contributed by atoms with Crippen LogP contribution in [-0.2, 0) is 52.7 Å². The van der Waals surface area contributed by atoms with Gasteiger partial charge in [-0.1, -0.05) is 39.1 Å². The number of carboxylic acids is 1. The van der Waals surface area contributed by atoms with Crippen molar-refractivity contribution in [1.29, 1.82) is 0 Å². The van der Waals surface area contributed by atoms with Crippen LogP contribution in [0.5, 0.6) is 0 Å². The first-order chi connectivity index (χ1) is 35.7. The molecule has 0 radical (unpaired) electrons. The largest absolute Gasteiger partial charge is 0.480 e. The molecule has 0 saturated carbocycles. The molecule has 77 heavy (non-hydrogen) atoms. The minimum Gasteiger partial charge on any atom is -0.480 e. The van der Waals surface area contributed by atoms with Crippen molar-refractivity contribution < 1.29 is 70.5 Å². The van der Waals surface area contributed by atoms with E-state index in [2.05, 4.69) is 33.5 Å². The molecule has 0 unspecified atom stereocenters. The maximum Gasteiger partial charge on any atom is 0.418 e. The van der Waals surface area contributed by atoms with E-state index in [1.54, 1.807) is 36.4 Å². The number of aryl methyl sites for hydroxylation is 2. The second-order valence-corrected chi connectivity index (χ2v) is 19.0. The third kappa shape index (κ3) is 11.5. The number of ether oxygens (including phenoxy) is 2. The van der Waals surface area contributed by atoms with Crippen LogP contribution in [0.1, 0.15) is 113 Å². The molecule has 412 valence electrons. The van der Waals surface area contributed by atoms with Gasteiger partial charge in [0.15, 0.2) is 0 Å². The molecule has 19 nitrogen and oxygen atoms in total. The number of carbonyl (C=O) groups excluding carboxylic acids is 7. The van der Waals surface area contributed by atoms with Crippen LogP contribution in [0.4, 0.5) is 48.1 Å². The topological polar surface area (TPSA) is 245 Å². The van der Waals surface area contributed by atoms with Crippen molar-refractivity contribution in [3.63, 3.8) is 0 Å². The van der Waals surface area contributed by atoms with Gasteiger partial charge in [-0.25, -0.2) is 46.5 Å². The summed E-state index contributed by atoms with van der Waals surface area (Å²) in [7, 11) is 2.98. The number of benzene rings is 4. The van der Waals surface area contributed by atoms with Crippen LogP contribution in [0.15, 0.2) is 72.8 Å². The van der Waals surface area contributed by atoms with Gasteiger partial charge in [0.05, 0.1) is 6.04 Å². The number of anilines is 2. The molecule has 4 saturated heterocycles. The minimum atomic E-state index is -1.53. The fourth-order valence-electron chi connectivity index (χ4n) is 10.6. The number of amides is 9. The van der Waals surface area contributed by atoms with Gasteiger partial charge >= 0.3 is 30.2 Å². The van der Waals surface area contributed by atoms with Crippen LogP contribution < -0.4 is 26.6 Å². The smallest absolute Gasteiger partial charge is 0.418 e. The first-order valence-electron chi connectivity index (χ1n) is 24.2. The Labute approximate surface area is 442 Å². The van der Waals surface area contributed by atoms with Gasteiger partial charge in [0.2, 0.25) is 17.1 Å². The first kappa shape index (κ1) is 58.2. The molecular weight excluding hydrogens is 1010 g/mol. The summed E-state index contributed by atoms with van der Waals surface area (Å²) >= 11 is 0. The van der Waals surface area contributed by atoms with Crippen molar-refractivity contribution in [1.82, 2.24) is 30.7 Å². The molecule has 6 aliphatic rings. The van der Waals surface area contributed by atoms with Crippen molar-refractivity contribution in [2.45, 2.75) is 115 Å². The van der Waals surface area contributed by atoms with Gasteiger partial charge in [0, 0.05) is 90.8 Å². The number of hydrogen-bond acceptors (Lipinski definition) is 11. The molecule has 0 aromatic heterocycles. The Hall–Kier alpha value is -8.08. The molecule has 4 aromatic rings. The Kier molecular flexibility index (Phi) is 17.7. The fourth-order valence-corrected chi connectivity index (χ4v) is 10.6. The Balaban J connectivity index is 0.000000205. The molecule has 4 heterocycles. The van der Waals surface area contributed by atoms with Gasteiger partial charge in [-0.05, 0) is 99.9 Å². The fraction of sp³-hybridized carbons (Fsp3) is 0.407. The lowest BCUT2D eigenvalue weighted by molar-refractivity contribution is -0.144. The summed E-state index contributed by atoms with van der Waals surface area (Å²) in [5.41, 5.74) is 1.41. The molecule has 4 aliphatic heterocycles. The number of aliphatic carboxylic acids is 1. The van der Waals surface area contributed by atoms with Gasteiger partial charge < -0.3 is 46.1 Å². The van der Waals surface area contributed by atoms with Crippen LogP contribution in [0, 0.1) is 23.3 Å². The van der Waals surface area contributed by atoms with Crippen LogP contribution in [0.25, 0.3) is 0 Å². The van der Waals surface area contributed by atoms with E-state index in [9.17, 15) is 55.9 Å². The number of fused-ring (bicyclic) bond motifs is 4. The normalized spacial score (nSPS) is 23.4. The second-order valence-electron chi connectivity index (χ2n) is 19.0. The molecule has 0 bridgehead atoms. The Bertz CT molecular complexity index is 3000. The predicted molar refractivity (Wildman–Crippen MR) is 272 cm³/mol. The lowest BCUT2D eigenvalue weighted by Crippen LogP contribution is -2.46. The number of carbonyl (C=O) groups is 8. The van der Waals surface area contributed by atoms with Crippen LogP contribution >= 0.6 is 0 Å². The van der Waals surface area contributed by atoms with E-state index >= 15 is 0 Å². The maximum atomic E-state index is 14.5. The summed E-state index contributed by atoms with van der Waals surface area (Å²) < 4.78 is 64.8. The SMILES string of the molecule is C.C.CNC(=O)Nc1ccc2c(c1)CC[C@@]21OC(=O)N(CC(=O)N2[C@@H](C)CC[C@H]2c2ccc(F)cc2F)C1=O.CNC(=O)Nc1ccc2c(c1)CC[C@@]21OC(=O)N(CC(=O)O)C1=O.C[C@H]1CC[C@@H](c2ccc(F)cc2F)N1. The first-order valence-corrected chi connectivity index (χ1v) is 24.2. The van der Waals surface area contributed by atoms with Crippen LogP contribution in [0.2, 0.25) is 0 Å². The highest BCUT2D eigenvalue weighted by molar-refractivity contribution is 6.07. The van der Waals surface area contributed by atoms with E-state index in [0.29, 0.717) is 64.7 Å². The summed E-state index contributed by atoms with van der Waals surface area (Å²) in [6, 6.07) is 15.7. The molecule has 2 aliphatic carbocycles. The summed E-state index contributed by atoms with van der Waals surface area (Å²) in [4.78, 5) is 101. The molecule has 2 spiro atoms. The van der Waals surface area contributed by atoms with Gasteiger partial charge in [0.25, 0.3) is 11.8 Å². The molecule has 6 N–H and O–H groups in total.